The van der Waals surface area contributed by atoms with Crippen LogP contribution in [0.3, 0.4) is 0 Å². The molecule has 0 amide bonds. The molecule has 0 spiro atoms. The number of aryl methyl sites for hydroxylation is 1. The van der Waals surface area contributed by atoms with Gasteiger partial charge in [-0.15, -0.1) is 10.2 Å². The Kier molecular flexibility index (Phi) is 5.63. The van der Waals surface area contributed by atoms with E-state index in [0.717, 1.165) is 13.1 Å². The fraction of sp³-hybridized carbons (Fsp3) is 0.579. The molecule has 0 aliphatic carbocycles. The van der Waals surface area contributed by atoms with Crippen LogP contribution in [0.15, 0.2) is 28.7 Å². The summed E-state index contributed by atoms with van der Waals surface area (Å²) in [6, 6.07) is 9.44. The molecule has 2 atom stereocenters. The lowest BCUT2D eigenvalue weighted by atomic mass is 10.0. The van der Waals surface area contributed by atoms with Gasteiger partial charge in [-0.1, -0.05) is 30.7 Å². The molecular weight excluding hydrogens is 300 g/mol. The zero-order chi connectivity index (χ0) is 16.9. The van der Waals surface area contributed by atoms with Crippen molar-refractivity contribution in [1.82, 2.24) is 20.4 Å². The van der Waals surface area contributed by atoms with Crippen LogP contribution < -0.4 is 5.32 Å². The molecule has 0 bridgehead atoms. The number of nitrogens with zero attached hydrogens (tertiary/aromatic N) is 3. The molecule has 1 aromatic carbocycles. The van der Waals surface area contributed by atoms with E-state index in [1.165, 1.54) is 36.9 Å². The topological polar surface area (TPSA) is 54.2 Å². The van der Waals surface area contributed by atoms with E-state index < -0.39 is 0 Å². The molecule has 5 heteroatoms. The molecule has 1 saturated heterocycles. The molecule has 0 saturated carbocycles. The maximum Gasteiger partial charge on any atom is 0.233 e. The standard InChI is InChI=1S/C19H28N4O/c1-14-8-6-7-11-23(14)13-18-10-5-4-9-17(18)12-20-15(2)19-22-21-16(3)24-19/h4-5,9-10,14-15,20H,6-8,11-13H2,1-3H3/t14-,15+/m1/s1. The van der Waals surface area contributed by atoms with Gasteiger partial charge in [0.05, 0.1) is 6.04 Å². The second kappa shape index (κ2) is 7.90. The largest absolute Gasteiger partial charge is 0.424 e. The second-order valence-corrected chi connectivity index (χ2v) is 6.85. The van der Waals surface area contributed by atoms with Crippen LogP contribution in [0.4, 0.5) is 0 Å². The van der Waals surface area contributed by atoms with Gasteiger partial charge < -0.3 is 9.73 Å². The van der Waals surface area contributed by atoms with Gasteiger partial charge in [0.25, 0.3) is 0 Å². The zero-order valence-corrected chi connectivity index (χ0v) is 15.0. The van der Waals surface area contributed by atoms with Crippen molar-refractivity contribution in [2.75, 3.05) is 6.54 Å². The van der Waals surface area contributed by atoms with Gasteiger partial charge in [-0.05, 0) is 44.4 Å². The third kappa shape index (κ3) is 4.22. The molecule has 1 fully saturated rings. The van der Waals surface area contributed by atoms with Gasteiger partial charge in [0.2, 0.25) is 11.8 Å². The maximum atomic E-state index is 5.51. The average molecular weight is 328 g/mol. The van der Waals surface area contributed by atoms with Crippen molar-refractivity contribution in [2.24, 2.45) is 0 Å². The minimum absolute atomic E-state index is 0.0492. The van der Waals surface area contributed by atoms with Gasteiger partial charge in [0.1, 0.15) is 0 Å². The van der Waals surface area contributed by atoms with E-state index in [0.29, 0.717) is 17.8 Å². The van der Waals surface area contributed by atoms with Gasteiger partial charge in [-0.2, -0.15) is 0 Å². The summed E-state index contributed by atoms with van der Waals surface area (Å²) in [4.78, 5) is 2.60. The van der Waals surface area contributed by atoms with E-state index in [4.69, 9.17) is 4.42 Å². The fourth-order valence-corrected chi connectivity index (χ4v) is 3.33. The smallest absolute Gasteiger partial charge is 0.233 e. The molecule has 0 unspecified atom stereocenters. The van der Waals surface area contributed by atoms with E-state index in [1.54, 1.807) is 0 Å². The number of hydrogen-bond donors (Lipinski definition) is 1. The van der Waals surface area contributed by atoms with Crippen LogP contribution >= 0.6 is 0 Å². The Morgan fingerprint density at radius 1 is 1.25 bits per heavy atom. The van der Waals surface area contributed by atoms with E-state index in [9.17, 15) is 0 Å². The summed E-state index contributed by atoms with van der Waals surface area (Å²) in [5.41, 5.74) is 2.76. The Labute approximate surface area is 144 Å². The Morgan fingerprint density at radius 2 is 2.04 bits per heavy atom. The predicted molar refractivity (Wildman–Crippen MR) is 94.5 cm³/mol. The van der Waals surface area contributed by atoms with Gasteiger partial charge in [-0.3, -0.25) is 4.90 Å². The maximum absolute atomic E-state index is 5.51. The van der Waals surface area contributed by atoms with Crippen molar-refractivity contribution in [3.8, 4) is 0 Å². The fourth-order valence-electron chi connectivity index (χ4n) is 3.33. The lowest BCUT2D eigenvalue weighted by Gasteiger charge is -2.33. The second-order valence-electron chi connectivity index (χ2n) is 6.85. The Bertz CT molecular complexity index is 654. The summed E-state index contributed by atoms with van der Waals surface area (Å²) in [6.45, 7) is 9.27. The lowest BCUT2D eigenvalue weighted by molar-refractivity contribution is 0.152. The average Bonchev–Trinajstić information content (AvgIpc) is 3.02. The number of nitrogens with one attached hydrogen (secondary N) is 1. The predicted octanol–water partition coefficient (Wildman–Crippen LogP) is 3.60. The molecule has 1 aliphatic rings. The molecule has 1 aromatic heterocycles. The first-order valence-electron chi connectivity index (χ1n) is 8.97. The third-order valence-electron chi connectivity index (χ3n) is 4.94. The van der Waals surface area contributed by atoms with Gasteiger partial charge in [-0.25, -0.2) is 0 Å². The normalized spacial score (nSPS) is 20.2. The number of piperidine rings is 1. The van der Waals surface area contributed by atoms with Crippen molar-refractivity contribution in [2.45, 2.75) is 65.2 Å². The SMILES string of the molecule is Cc1nnc([C@H](C)NCc2ccccc2CN2CCCC[C@H]2C)o1. The molecule has 3 rings (SSSR count). The Balaban J connectivity index is 1.63. The van der Waals surface area contributed by atoms with Crippen molar-refractivity contribution in [3.05, 3.63) is 47.2 Å². The number of aromatic nitrogens is 2. The van der Waals surface area contributed by atoms with Crippen LogP contribution in [0.5, 0.6) is 0 Å². The molecule has 5 nitrogen and oxygen atoms in total. The van der Waals surface area contributed by atoms with E-state index in [1.807, 2.05) is 6.92 Å². The molecule has 0 radical (unpaired) electrons. The first-order chi connectivity index (χ1) is 11.6. The summed E-state index contributed by atoms with van der Waals surface area (Å²) in [6.07, 6.45) is 3.99. The highest BCUT2D eigenvalue weighted by molar-refractivity contribution is 5.27. The summed E-state index contributed by atoms with van der Waals surface area (Å²) in [5, 5.41) is 11.5. The molecular formula is C19H28N4O. The monoisotopic (exact) mass is 328 g/mol. The number of rotatable bonds is 6. The Morgan fingerprint density at radius 3 is 2.75 bits per heavy atom. The zero-order valence-electron chi connectivity index (χ0n) is 15.0. The molecule has 2 heterocycles. The molecule has 2 aromatic rings. The number of hydrogen-bond acceptors (Lipinski definition) is 5. The molecule has 130 valence electrons. The van der Waals surface area contributed by atoms with Crippen LogP contribution in [0, 0.1) is 6.92 Å². The third-order valence-corrected chi connectivity index (χ3v) is 4.94. The highest BCUT2D eigenvalue weighted by Crippen LogP contribution is 2.21. The summed E-state index contributed by atoms with van der Waals surface area (Å²) in [5.74, 6) is 1.26. The van der Waals surface area contributed by atoms with E-state index in [-0.39, 0.29) is 6.04 Å². The van der Waals surface area contributed by atoms with Crippen molar-refractivity contribution >= 4 is 0 Å². The summed E-state index contributed by atoms with van der Waals surface area (Å²) >= 11 is 0. The summed E-state index contributed by atoms with van der Waals surface area (Å²) < 4.78 is 5.51. The minimum atomic E-state index is 0.0492. The lowest BCUT2D eigenvalue weighted by Crippen LogP contribution is -2.37. The van der Waals surface area contributed by atoms with E-state index in [2.05, 4.69) is 58.5 Å². The quantitative estimate of drug-likeness (QED) is 0.878. The highest BCUT2D eigenvalue weighted by Gasteiger charge is 2.19. The molecule has 24 heavy (non-hydrogen) atoms. The van der Waals surface area contributed by atoms with Gasteiger partial charge >= 0.3 is 0 Å². The highest BCUT2D eigenvalue weighted by atomic mass is 16.4. The molecule has 1 N–H and O–H groups in total. The first-order valence-corrected chi connectivity index (χ1v) is 8.97. The Hall–Kier alpha value is -1.72. The van der Waals surface area contributed by atoms with Gasteiger partial charge in [0.15, 0.2) is 0 Å². The first kappa shape index (κ1) is 17.1. The van der Waals surface area contributed by atoms with E-state index >= 15 is 0 Å². The van der Waals surface area contributed by atoms with Crippen LogP contribution in [0.25, 0.3) is 0 Å². The summed E-state index contributed by atoms with van der Waals surface area (Å²) in [7, 11) is 0. The minimum Gasteiger partial charge on any atom is -0.424 e. The van der Waals surface area contributed by atoms with Gasteiger partial charge in [0, 0.05) is 26.1 Å². The van der Waals surface area contributed by atoms with Crippen molar-refractivity contribution in [3.63, 3.8) is 0 Å². The van der Waals surface area contributed by atoms with Crippen LogP contribution in [-0.2, 0) is 13.1 Å². The number of likely N-dealkylation sites (tertiary alicyclic amines) is 1. The molecule has 1 aliphatic heterocycles. The van der Waals surface area contributed by atoms with Crippen LogP contribution in [0.2, 0.25) is 0 Å². The van der Waals surface area contributed by atoms with Crippen LogP contribution in [-0.4, -0.2) is 27.7 Å². The van der Waals surface area contributed by atoms with Crippen molar-refractivity contribution in [1.29, 1.82) is 0 Å². The van der Waals surface area contributed by atoms with Crippen molar-refractivity contribution < 1.29 is 4.42 Å². The van der Waals surface area contributed by atoms with Crippen LogP contribution in [0.1, 0.15) is 62.1 Å². The number of benzene rings is 1.